The molecule has 0 radical (unpaired) electrons. The van der Waals surface area contributed by atoms with Crippen LogP contribution in [0.1, 0.15) is 11.1 Å². The zero-order valence-corrected chi connectivity index (χ0v) is 14.8. The third-order valence-electron chi connectivity index (χ3n) is 4.15. The van der Waals surface area contributed by atoms with Gasteiger partial charge in [-0.25, -0.2) is 14.4 Å². The summed E-state index contributed by atoms with van der Waals surface area (Å²) in [5.41, 5.74) is -0.260. The fourth-order valence-corrected chi connectivity index (χ4v) is 2.75. The van der Waals surface area contributed by atoms with Crippen molar-refractivity contribution in [3.63, 3.8) is 0 Å². The summed E-state index contributed by atoms with van der Waals surface area (Å²) < 4.78 is 59.1. The van der Waals surface area contributed by atoms with Crippen molar-refractivity contribution in [3.8, 4) is 22.9 Å². The molecule has 3 aromatic heterocycles. The molecule has 1 aromatic carbocycles. The molecule has 12 heteroatoms. The monoisotopic (exact) mass is 418 g/mol. The predicted octanol–water partition coefficient (Wildman–Crippen LogP) is 4.60. The van der Waals surface area contributed by atoms with Crippen molar-refractivity contribution >= 4 is 5.82 Å². The minimum atomic E-state index is -4.84. The smallest absolute Gasteiger partial charge is 0.364 e. The Kier molecular flexibility index (Phi) is 4.82. The summed E-state index contributed by atoms with van der Waals surface area (Å²) >= 11 is 0. The molecule has 30 heavy (non-hydrogen) atoms. The summed E-state index contributed by atoms with van der Waals surface area (Å²) in [5, 5.41) is 10.4. The Labute approximate surface area is 165 Å². The molecule has 0 aliphatic rings. The van der Waals surface area contributed by atoms with Gasteiger partial charge in [0.1, 0.15) is 29.0 Å². The molecular formula is C18H10F4N6O2. The van der Waals surface area contributed by atoms with Gasteiger partial charge in [0.05, 0.1) is 12.2 Å². The normalized spacial score (nSPS) is 11.6. The van der Waals surface area contributed by atoms with E-state index in [2.05, 4.69) is 25.4 Å². The molecule has 0 aliphatic heterocycles. The number of aromatic nitrogens is 5. The van der Waals surface area contributed by atoms with Crippen molar-refractivity contribution in [2.45, 2.75) is 12.7 Å². The first-order valence-corrected chi connectivity index (χ1v) is 8.37. The number of nitroso groups, excluding NO2 is 1. The highest BCUT2D eigenvalue weighted by molar-refractivity contribution is 5.63. The standard InChI is InChI=1S/C18H10F4N6O2/c19-12-4-2-1-3-10(12)9-28-15(13-5-6-30-27-13)7-14(25-28)17-23-8-11(18(20,21)22)16(24-17)26-29/h1-8H,9H2. The summed E-state index contributed by atoms with van der Waals surface area (Å²) in [6, 6.07) is 9.01. The van der Waals surface area contributed by atoms with Gasteiger partial charge in [0.25, 0.3) is 0 Å². The van der Waals surface area contributed by atoms with Crippen molar-refractivity contribution in [2.24, 2.45) is 5.18 Å². The van der Waals surface area contributed by atoms with Crippen LogP contribution in [0.4, 0.5) is 23.4 Å². The number of alkyl halides is 3. The second-order valence-electron chi connectivity index (χ2n) is 6.07. The lowest BCUT2D eigenvalue weighted by atomic mass is 10.2. The van der Waals surface area contributed by atoms with E-state index in [4.69, 9.17) is 4.52 Å². The van der Waals surface area contributed by atoms with Gasteiger partial charge >= 0.3 is 6.18 Å². The lowest BCUT2D eigenvalue weighted by Crippen LogP contribution is -2.08. The molecule has 152 valence electrons. The Balaban J connectivity index is 1.80. The fourth-order valence-electron chi connectivity index (χ4n) is 2.75. The zero-order chi connectivity index (χ0) is 21.3. The Bertz CT molecular complexity index is 1200. The third kappa shape index (κ3) is 3.66. The zero-order valence-electron chi connectivity index (χ0n) is 14.8. The number of rotatable bonds is 5. The molecule has 0 saturated heterocycles. The van der Waals surface area contributed by atoms with Crippen LogP contribution in [0.2, 0.25) is 0 Å². The summed E-state index contributed by atoms with van der Waals surface area (Å²) in [6.07, 6.45) is -3.05. The molecule has 0 atom stereocenters. The number of nitrogens with zero attached hydrogens (tertiary/aromatic N) is 6. The van der Waals surface area contributed by atoms with Crippen molar-refractivity contribution in [1.82, 2.24) is 24.9 Å². The third-order valence-corrected chi connectivity index (χ3v) is 4.15. The van der Waals surface area contributed by atoms with E-state index < -0.39 is 23.4 Å². The predicted molar refractivity (Wildman–Crippen MR) is 94.7 cm³/mol. The molecule has 8 nitrogen and oxygen atoms in total. The summed E-state index contributed by atoms with van der Waals surface area (Å²) in [5.74, 6) is -1.77. The maximum absolute atomic E-state index is 14.1. The van der Waals surface area contributed by atoms with Gasteiger partial charge in [0, 0.05) is 17.8 Å². The molecule has 0 unspecified atom stereocenters. The van der Waals surface area contributed by atoms with E-state index in [1.165, 1.54) is 35.2 Å². The van der Waals surface area contributed by atoms with Crippen LogP contribution >= 0.6 is 0 Å². The van der Waals surface area contributed by atoms with Gasteiger partial charge in [-0.1, -0.05) is 23.4 Å². The SMILES string of the molecule is O=Nc1nc(-c2cc(-c3ccon3)n(Cc3ccccc3F)n2)ncc1C(F)(F)F. The topological polar surface area (TPSA) is 99.1 Å². The van der Waals surface area contributed by atoms with E-state index in [9.17, 15) is 22.5 Å². The molecule has 0 aliphatic carbocycles. The van der Waals surface area contributed by atoms with Crippen LogP contribution in [-0.4, -0.2) is 24.9 Å². The Morgan fingerprint density at radius 1 is 1.13 bits per heavy atom. The molecule has 0 spiro atoms. The summed E-state index contributed by atoms with van der Waals surface area (Å²) in [4.78, 5) is 18.1. The van der Waals surface area contributed by atoms with Crippen LogP contribution < -0.4 is 0 Å². The Hall–Kier alpha value is -3.96. The van der Waals surface area contributed by atoms with E-state index in [0.29, 0.717) is 23.1 Å². The summed E-state index contributed by atoms with van der Waals surface area (Å²) in [7, 11) is 0. The van der Waals surface area contributed by atoms with Gasteiger partial charge in [-0.3, -0.25) is 4.68 Å². The highest BCUT2D eigenvalue weighted by Gasteiger charge is 2.36. The molecule has 4 aromatic rings. The molecule has 4 rings (SSSR count). The number of hydrogen-bond donors (Lipinski definition) is 0. The Morgan fingerprint density at radius 3 is 2.60 bits per heavy atom. The number of benzene rings is 1. The molecule has 0 bridgehead atoms. The Morgan fingerprint density at radius 2 is 1.93 bits per heavy atom. The lowest BCUT2D eigenvalue weighted by molar-refractivity contribution is -0.137. The minimum Gasteiger partial charge on any atom is -0.364 e. The second-order valence-corrected chi connectivity index (χ2v) is 6.07. The second kappa shape index (κ2) is 7.46. The number of hydrogen-bond acceptors (Lipinski definition) is 7. The van der Waals surface area contributed by atoms with Crippen LogP contribution in [0.3, 0.4) is 0 Å². The van der Waals surface area contributed by atoms with Gasteiger partial charge < -0.3 is 4.52 Å². The first-order valence-electron chi connectivity index (χ1n) is 8.37. The molecule has 0 saturated carbocycles. The number of halogens is 4. The van der Waals surface area contributed by atoms with Gasteiger partial charge in [-0.15, -0.1) is 4.91 Å². The van der Waals surface area contributed by atoms with Crippen LogP contribution in [0.15, 0.2) is 58.6 Å². The van der Waals surface area contributed by atoms with E-state index in [0.717, 1.165) is 0 Å². The first-order chi connectivity index (χ1) is 14.4. The molecule has 0 fully saturated rings. The lowest BCUT2D eigenvalue weighted by Gasteiger charge is -2.07. The van der Waals surface area contributed by atoms with Crippen LogP contribution in [0.5, 0.6) is 0 Å². The quantitative estimate of drug-likeness (QED) is 0.347. The highest BCUT2D eigenvalue weighted by Crippen LogP contribution is 2.35. The fraction of sp³-hybridized carbons (Fsp3) is 0.111. The van der Waals surface area contributed by atoms with E-state index in [1.807, 2.05) is 0 Å². The van der Waals surface area contributed by atoms with Crippen LogP contribution in [0, 0.1) is 10.7 Å². The van der Waals surface area contributed by atoms with E-state index in [1.54, 1.807) is 12.1 Å². The maximum atomic E-state index is 14.1. The van der Waals surface area contributed by atoms with E-state index >= 15 is 0 Å². The van der Waals surface area contributed by atoms with Gasteiger partial charge in [-0.05, 0) is 17.3 Å². The maximum Gasteiger partial charge on any atom is 0.421 e. The minimum absolute atomic E-state index is 0.00567. The van der Waals surface area contributed by atoms with Crippen molar-refractivity contribution in [3.05, 3.63) is 70.7 Å². The average Bonchev–Trinajstić information content (AvgIpc) is 3.38. The van der Waals surface area contributed by atoms with Gasteiger partial charge in [0.2, 0.25) is 5.82 Å². The van der Waals surface area contributed by atoms with E-state index in [-0.39, 0.29) is 18.1 Å². The molecule has 0 N–H and O–H groups in total. The van der Waals surface area contributed by atoms with Gasteiger partial charge in [0.15, 0.2) is 5.82 Å². The molecule has 3 heterocycles. The molecule has 0 amide bonds. The largest absolute Gasteiger partial charge is 0.421 e. The first kappa shape index (κ1) is 19.4. The summed E-state index contributed by atoms with van der Waals surface area (Å²) in [6.45, 7) is -0.00567. The average molecular weight is 418 g/mol. The van der Waals surface area contributed by atoms with Crippen molar-refractivity contribution < 1.29 is 22.1 Å². The van der Waals surface area contributed by atoms with Gasteiger partial charge in [-0.2, -0.15) is 18.3 Å². The highest BCUT2D eigenvalue weighted by atomic mass is 19.4. The van der Waals surface area contributed by atoms with Crippen LogP contribution in [-0.2, 0) is 12.7 Å². The van der Waals surface area contributed by atoms with Crippen molar-refractivity contribution in [2.75, 3.05) is 0 Å². The van der Waals surface area contributed by atoms with Crippen LogP contribution in [0.25, 0.3) is 22.9 Å². The van der Waals surface area contributed by atoms with Crippen molar-refractivity contribution in [1.29, 1.82) is 0 Å². The molecular weight excluding hydrogens is 408 g/mol.